The predicted octanol–water partition coefficient (Wildman–Crippen LogP) is 1.76. The number of aromatic nitrogens is 2. The van der Waals surface area contributed by atoms with Crippen LogP contribution in [0.25, 0.3) is 0 Å². The fraction of sp³-hybridized carbons (Fsp3) is 0.556. The minimum absolute atomic E-state index is 0.301. The SMILES string of the molecule is CCCCCOC(=O)c1cn[nH]c1. The van der Waals surface area contributed by atoms with Crippen molar-refractivity contribution in [3.05, 3.63) is 18.0 Å². The Balaban J connectivity index is 2.19. The van der Waals surface area contributed by atoms with E-state index in [1.54, 1.807) is 0 Å². The van der Waals surface area contributed by atoms with Gasteiger partial charge in [0.15, 0.2) is 0 Å². The highest BCUT2D eigenvalue weighted by molar-refractivity contribution is 5.88. The van der Waals surface area contributed by atoms with Crippen molar-refractivity contribution >= 4 is 5.97 Å². The standard InChI is InChI=1S/C9H14N2O2/c1-2-3-4-5-13-9(12)8-6-10-11-7-8/h6-7H,2-5H2,1H3,(H,10,11). The summed E-state index contributed by atoms with van der Waals surface area (Å²) in [6, 6.07) is 0. The lowest BCUT2D eigenvalue weighted by molar-refractivity contribution is 0.0498. The van der Waals surface area contributed by atoms with E-state index in [1.807, 2.05) is 0 Å². The first-order valence-electron chi connectivity index (χ1n) is 4.50. The number of hydrogen-bond donors (Lipinski definition) is 1. The van der Waals surface area contributed by atoms with Gasteiger partial charge in [0.25, 0.3) is 0 Å². The Labute approximate surface area is 77.3 Å². The van der Waals surface area contributed by atoms with Crippen LogP contribution in [0.15, 0.2) is 12.4 Å². The second-order valence-corrected chi connectivity index (χ2v) is 2.83. The summed E-state index contributed by atoms with van der Waals surface area (Å²) in [5.41, 5.74) is 0.483. The number of unbranched alkanes of at least 4 members (excludes halogenated alkanes) is 2. The van der Waals surface area contributed by atoms with E-state index in [9.17, 15) is 4.79 Å². The van der Waals surface area contributed by atoms with Crippen LogP contribution >= 0.6 is 0 Å². The average Bonchev–Trinajstić information content (AvgIpc) is 2.65. The summed E-state index contributed by atoms with van der Waals surface area (Å²) >= 11 is 0. The molecule has 4 nitrogen and oxygen atoms in total. The Bertz CT molecular complexity index is 244. The van der Waals surface area contributed by atoms with Gasteiger partial charge in [-0.2, -0.15) is 5.10 Å². The normalized spacial score (nSPS) is 9.92. The molecule has 0 saturated heterocycles. The molecule has 0 amide bonds. The summed E-state index contributed by atoms with van der Waals surface area (Å²) in [4.78, 5) is 11.2. The maximum atomic E-state index is 11.2. The van der Waals surface area contributed by atoms with E-state index in [-0.39, 0.29) is 5.97 Å². The minimum atomic E-state index is -0.301. The molecule has 1 rings (SSSR count). The number of esters is 1. The monoisotopic (exact) mass is 182 g/mol. The summed E-state index contributed by atoms with van der Waals surface area (Å²) in [6.45, 7) is 2.61. The Hall–Kier alpha value is -1.32. The van der Waals surface area contributed by atoms with Crippen LogP contribution in [0.1, 0.15) is 36.5 Å². The molecule has 0 bridgehead atoms. The number of nitrogens with zero attached hydrogens (tertiary/aromatic N) is 1. The maximum Gasteiger partial charge on any atom is 0.341 e. The molecule has 0 radical (unpaired) electrons. The van der Waals surface area contributed by atoms with E-state index in [0.717, 1.165) is 19.3 Å². The molecule has 0 fully saturated rings. The van der Waals surface area contributed by atoms with Crippen LogP contribution in [0.2, 0.25) is 0 Å². The molecule has 0 aromatic carbocycles. The van der Waals surface area contributed by atoms with Crippen molar-refractivity contribution < 1.29 is 9.53 Å². The van der Waals surface area contributed by atoms with Crippen molar-refractivity contribution in [1.29, 1.82) is 0 Å². The Morgan fingerprint density at radius 3 is 3.08 bits per heavy atom. The minimum Gasteiger partial charge on any atom is -0.462 e. The Kier molecular flexibility index (Phi) is 4.02. The van der Waals surface area contributed by atoms with Gasteiger partial charge < -0.3 is 4.74 Å². The third kappa shape index (κ3) is 3.27. The van der Waals surface area contributed by atoms with Gasteiger partial charge in [-0.1, -0.05) is 19.8 Å². The van der Waals surface area contributed by atoms with Crippen LogP contribution in [-0.4, -0.2) is 22.8 Å². The molecule has 0 aliphatic carbocycles. The second-order valence-electron chi connectivity index (χ2n) is 2.83. The maximum absolute atomic E-state index is 11.2. The third-order valence-electron chi connectivity index (χ3n) is 1.71. The second kappa shape index (κ2) is 5.35. The molecule has 0 spiro atoms. The van der Waals surface area contributed by atoms with Crippen molar-refractivity contribution in [3.8, 4) is 0 Å². The molecular formula is C9H14N2O2. The van der Waals surface area contributed by atoms with Crippen molar-refractivity contribution in [1.82, 2.24) is 10.2 Å². The molecule has 0 atom stereocenters. The Morgan fingerprint density at radius 1 is 1.62 bits per heavy atom. The molecule has 1 heterocycles. The first kappa shape index (κ1) is 9.77. The average molecular weight is 182 g/mol. The lowest BCUT2D eigenvalue weighted by atomic mass is 10.3. The molecule has 0 saturated carbocycles. The van der Waals surface area contributed by atoms with E-state index in [1.165, 1.54) is 12.4 Å². The van der Waals surface area contributed by atoms with Crippen LogP contribution < -0.4 is 0 Å². The van der Waals surface area contributed by atoms with Gasteiger partial charge in [0, 0.05) is 6.20 Å². The zero-order chi connectivity index (χ0) is 9.52. The number of H-pyrrole nitrogens is 1. The van der Waals surface area contributed by atoms with E-state index >= 15 is 0 Å². The molecule has 1 N–H and O–H groups in total. The third-order valence-corrected chi connectivity index (χ3v) is 1.71. The van der Waals surface area contributed by atoms with Gasteiger partial charge in [-0.3, -0.25) is 5.10 Å². The van der Waals surface area contributed by atoms with Gasteiger partial charge in [-0.05, 0) is 6.42 Å². The van der Waals surface area contributed by atoms with Crippen LogP contribution in [0.3, 0.4) is 0 Å². The van der Waals surface area contributed by atoms with Crippen molar-refractivity contribution in [2.45, 2.75) is 26.2 Å². The summed E-state index contributed by atoms with van der Waals surface area (Å²) in [5, 5.41) is 6.22. The van der Waals surface area contributed by atoms with Crippen molar-refractivity contribution in [2.75, 3.05) is 6.61 Å². The zero-order valence-electron chi connectivity index (χ0n) is 7.75. The highest BCUT2D eigenvalue weighted by Crippen LogP contribution is 2.00. The number of aromatic amines is 1. The summed E-state index contributed by atoms with van der Waals surface area (Å²) in [6.07, 6.45) is 6.15. The van der Waals surface area contributed by atoms with Gasteiger partial charge in [0.1, 0.15) is 0 Å². The van der Waals surface area contributed by atoms with Crippen LogP contribution in [0.5, 0.6) is 0 Å². The molecular weight excluding hydrogens is 168 g/mol. The molecule has 0 aliphatic rings. The number of hydrogen-bond acceptors (Lipinski definition) is 3. The fourth-order valence-electron chi connectivity index (χ4n) is 0.963. The number of carbonyl (C=O) groups is 1. The molecule has 4 heteroatoms. The largest absolute Gasteiger partial charge is 0.462 e. The molecule has 1 aromatic heterocycles. The zero-order valence-corrected chi connectivity index (χ0v) is 7.75. The topological polar surface area (TPSA) is 55.0 Å². The van der Waals surface area contributed by atoms with E-state index in [4.69, 9.17) is 4.74 Å². The smallest absolute Gasteiger partial charge is 0.341 e. The van der Waals surface area contributed by atoms with E-state index < -0.39 is 0 Å². The molecule has 13 heavy (non-hydrogen) atoms. The number of rotatable bonds is 5. The van der Waals surface area contributed by atoms with Gasteiger partial charge in [0.2, 0.25) is 0 Å². The van der Waals surface area contributed by atoms with Gasteiger partial charge in [-0.25, -0.2) is 4.79 Å². The van der Waals surface area contributed by atoms with E-state index in [2.05, 4.69) is 17.1 Å². The quantitative estimate of drug-likeness (QED) is 0.557. The van der Waals surface area contributed by atoms with Crippen molar-refractivity contribution in [2.24, 2.45) is 0 Å². The molecule has 0 unspecified atom stereocenters. The fourth-order valence-corrected chi connectivity index (χ4v) is 0.963. The number of carbonyl (C=O) groups excluding carboxylic acids is 1. The van der Waals surface area contributed by atoms with Crippen molar-refractivity contribution in [3.63, 3.8) is 0 Å². The highest BCUT2D eigenvalue weighted by atomic mass is 16.5. The molecule has 1 aromatic rings. The predicted molar refractivity (Wildman–Crippen MR) is 48.4 cm³/mol. The lowest BCUT2D eigenvalue weighted by Crippen LogP contribution is -2.05. The lowest BCUT2D eigenvalue weighted by Gasteiger charge is -2.01. The van der Waals surface area contributed by atoms with Gasteiger partial charge in [0.05, 0.1) is 18.4 Å². The number of ether oxygens (including phenoxy) is 1. The molecule has 72 valence electrons. The first-order chi connectivity index (χ1) is 6.34. The highest BCUT2D eigenvalue weighted by Gasteiger charge is 2.06. The summed E-state index contributed by atoms with van der Waals surface area (Å²) in [5.74, 6) is -0.301. The summed E-state index contributed by atoms with van der Waals surface area (Å²) < 4.78 is 4.99. The first-order valence-corrected chi connectivity index (χ1v) is 4.50. The van der Waals surface area contributed by atoms with E-state index in [0.29, 0.717) is 12.2 Å². The van der Waals surface area contributed by atoms with Crippen LogP contribution in [-0.2, 0) is 4.74 Å². The number of nitrogens with one attached hydrogen (secondary N) is 1. The Morgan fingerprint density at radius 2 is 2.46 bits per heavy atom. The van der Waals surface area contributed by atoms with Crippen LogP contribution in [0.4, 0.5) is 0 Å². The molecule has 0 aliphatic heterocycles. The summed E-state index contributed by atoms with van der Waals surface area (Å²) in [7, 11) is 0. The van der Waals surface area contributed by atoms with Gasteiger partial charge >= 0.3 is 5.97 Å². The van der Waals surface area contributed by atoms with Crippen LogP contribution in [0, 0.1) is 0 Å². The van der Waals surface area contributed by atoms with Gasteiger partial charge in [-0.15, -0.1) is 0 Å².